The average molecular weight is 314 g/mol. The predicted octanol–water partition coefficient (Wildman–Crippen LogP) is 1.82. The van der Waals surface area contributed by atoms with Gasteiger partial charge in [-0.2, -0.15) is 0 Å². The van der Waals surface area contributed by atoms with Gasteiger partial charge >= 0.3 is 0 Å². The van der Waals surface area contributed by atoms with Crippen LogP contribution in [0.25, 0.3) is 0 Å². The van der Waals surface area contributed by atoms with Gasteiger partial charge in [-0.15, -0.1) is 12.4 Å². The Kier molecular flexibility index (Phi) is 6.58. The molecule has 1 fully saturated rings. The fourth-order valence-electron chi connectivity index (χ4n) is 2.51. The van der Waals surface area contributed by atoms with Gasteiger partial charge in [0, 0.05) is 23.7 Å². The molecule has 1 aromatic rings. The van der Waals surface area contributed by atoms with Crippen molar-refractivity contribution in [3.8, 4) is 0 Å². The number of carbonyl (C=O) groups is 1. The molecule has 0 saturated carbocycles. The molecule has 0 radical (unpaired) electrons. The number of rotatable bonds is 4. The minimum Gasteiger partial charge on any atom is -0.352 e. The lowest BCUT2D eigenvalue weighted by Gasteiger charge is -2.30. The van der Waals surface area contributed by atoms with E-state index in [1.54, 1.807) is 18.2 Å². The van der Waals surface area contributed by atoms with Crippen LogP contribution >= 0.6 is 12.4 Å². The Labute approximate surface area is 129 Å². The van der Waals surface area contributed by atoms with Gasteiger partial charge in [0.2, 0.25) is 5.91 Å². The Bertz CT molecular complexity index is 510. The topological polar surface area (TPSA) is 84.3 Å². The molecular weight excluding hydrogens is 294 g/mol. The maximum atomic E-state index is 12.0. The number of hydrogen-bond acceptors (Lipinski definition) is 4. The van der Waals surface area contributed by atoms with E-state index in [-0.39, 0.29) is 42.5 Å². The predicted molar refractivity (Wildman–Crippen MR) is 82.7 cm³/mol. The number of nitrogens with one attached hydrogen (secondary N) is 2. The summed E-state index contributed by atoms with van der Waals surface area (Å²) >= 11 is 0. The quantitative estimate of drug-likeness (QED) is 0.656. The molecule has 1 aliphatic heterocycles. The lowest BCUT2D eigenvalue weighted by molar-refractivity contribution is -0.385. The molecule has 21 heavy (non-hydrogen) atoms. The molecule has 2 unspecified atom stereocenters. The third kappa shape index (κ3) is 4.68. The number of amides is 1. The summed E-state index contributed by atoms with van der Waals surface area (Å²) in [6.45, 7) is 3.01. The van der Waals surface area contributed by atoms with E-state index in [0.717, 1.165) is 19.4 Å². The van der Waals surface area contributed by atoms with Crippen LogP contribution in [0.2, 0.25) is 0 Å². The highest BCUT2D eigenvalue weighted by atomic mass is 35.5. The molecule has 1 heterocycles. The van der Waals surface area contributed by atoms with E-state index in [1.807, 2.05) is 6.92 Å². The Morgan fingerprint density at radius 1 is 1.48 bits per heavy atom. The van der Waals surface area contributed by atoms with Gasteiger partial charge in [0.25, 0.3) is 5.69 Å². The molecule has 116 valence electrons. The monoisotopic (exact) mass is 313 g/mol. The van der Waals surface area contributed by atoms with E-state index in [4.69, 9.17) is 0 Å². The van der Waals surface area contributed by atoms with Crippen LogP contribution in [0.3, 0.4) is 0 Å². The van der Waals surface area contributed by atoms with Gasteiger partial charge in [0.15, 0.2) is 0 Å². The summed E-state index contributed by atoms with van der Waals surface area (Å²) in [7, 11) is 0. The summed E-state index contributed by atoms with van der Waals surface area (Å²) in [4.78, 5) is 22.5. The van der Waals surface area contributed by atoms with Crippen LogP contribution in [-0.2, 0) is 11.2 Å². The number of nitrogens with zero attached hydrogens (tertiary/aromatic N) is 1. The normalized spacial score (nSPS) is 21.2. The van der Waals surface area contributed by atoms with Crippen molar-refractivity contribution in [3.63, 3.8) is 0 Å². The van der Waals surface area contributed by atoms with Crippen molar-refractivity contribution in [2.24, 2.45) is 0 Å². The molecule has 6 nitrogen and oxygen atoms in total. The van der Waals surface area contributed by atoms with Crippen LogP contribution in [0, 0.1) is 10.1 Å². The third-order valence-electron chi connectivity index (χ3n) is 3.65. The van der Waals surface area contributed by atoms with Gasteiger partial charge in [-0.3, -0.25) is 14.9 Å². The first-order valence-corrected chi connectivity index (χ1v) is 6.83. The maximum Gasteiger partial charge on any atom is 0.273 e. The van der Waals surface area contributed by atoms with E-state index in [0.29, 0.717) is 5.56 Å². The van der Waals surface area contributed by atoms with Crippen molar-refractivity contribution in [3.05, 3.63) is 39.9 Å². The molecule has 7 heteroatoms. The van der Waals surface area contributed by atoms with Crippen LogP contribution < -0.4 is 10.6 Å². The number of carbonyl (C=O) groups excluding carboxylic acids is 1. The number of para-hydroxylation sites is 1. The molecular formula is C14H20ClN3O3. The van der Waals surface area contributed by atoms with Crippen molar-refractivity contribution in [2.45, 2.75) is 38.3 Å². The van der Waals surface area contributed by atoms with Crippen molar-refractivity contribution >= 4 is 24.0 Å². The lowest BCUT2D eigenvalue weighted by atomic mass is 9.99. The summed E-state index contributed by atoms with van der Waals surface area (Å²) in [5, 5.41) is 17.2. The minimum atomic E-state index is -0.451. The van der Waals surface area contributed by atoms with Crippen LogP contribution in [0.1, 0.15) is 25.3 Å². The van der Waals surface area contributed by atoms with Gasteiger partial charge in [-0.1, -0.05) is 18.2 Å². The second kappa shape index (κ2) is 7.95. The average Bonchev–Trinajstić information content (AvgIpc) is 2.41. The van der Waals surface area contributed by atoms with Crippen LogP contribution in [0.4, 0.5) is 5.69 Å². The summed E-state index contributed by atoms with van der Waals surface area (Å²) in [6, 6.07) is 6.69. The number of nitro benzene ring substituents is 1. The van der Waals surface area contributed by atoms with Crippen molar-refractivity contribution in [1.29, 1.82) is 0 Å². The van der Waals surface area contributed by atoms with Crippen molar-refractivity contribution in [2.75, 3.05) is 6.54 Å². The summed E-state index contributed by atoms with van der Waals surface area (Å²) < 4.78 is 0. The van der Waals surface area contributed by atoms with Gasteiger partial charge in [-0.05, 0) is 26.3 Å². The SMILES string of the molecule is CC1NCCCC1NC(=O)Cc1ccccc1[N+](=O)[O-].Cl. The number of benzene rings is 1. The third-order valence-corrected chi connectivity index (χ3v) is 3.65. The Morgan fingerprint density at radius 2 is 2.19 bits per heavy atom. The molecule has 1 aliphatic rings. The molecule has 2 rings (SSSR count). The second-order valence-electron chi connectivity index (χ2n) is 5.12. The van der Waals surface area contributed by atoms with E-state index < -0.39 is 4.92 Å². The van der Waals surface area contributed by atoms with Crippen LogP contribution in [0.15, 0.2) is 24.3 Å². The van der Waals surface area contributed by atoms with E-state index >= 15 is 0 Å². The minimum absolute atomic E-state index is 0. The highest BCUT2D eigenvalue weighted by molar-refractivity contribution is 5.85. The smallest absolute Gasteiger partial charge is 0.273 e. The second-order valence-corrected chi connectivity index (χ2v) is 5.12. The van der Waals surface area contributed by atoms with Crippen molar-refractivity contribution in [1.82, 2.24) is 10.6 Å². The number of halogens is 1. The van der Waals surface area contributed by atoms with E-state index in [9.17, 15) is 14.9 Å². The number of hydrogen-bond donors (Lipinski definition) is 2. The largest absolute Gasteiger partial charge is 0.352 e. The first-order chi connectivity index (χ1) is 9.58. The molecule has 1 saturated heterocycles. The van der Waals surface area contributed by atoms with Crippen LogP contribution in [0.5, 0.6) is 0 Å². The Balaban J connectivity index is 0.00000220. The Hall–Kier alpha value is -1.66. The first-order valence-electron chi connectivity index (χ1n) is 6.83. The first kappa shape index (κ1) is 17.4. The Morgan fingerprint density at radius 3 is 2.86 bits per heavy atom. The molecule has 1 aromatic carbocycles. The molecule has 0 aromatic heterocycles. The molecule has 0 spiro atoms. The summed E-state index contributed by atoms with van der Waals surface area (Å²) in [6.07, 6.45) is 2.01. The van der Waals surface area contributed by atoms with Gasteiger partial charge in [0.05, 0.1) is 11.3 Å². The standard InChI is InChI=1S/C14H19N3O3.ClH/c1-10-12(6-4-8-15-10)16-14(18)9-11-5-2-3-7-13(11)17(19)20;/h2-3,5,7,10,12,15H,4,6,8-9H2,1H3,(H,16,18);1H. The molecule has 0 aliphatic carbocycles. The zero-order valence-electron chi connectivity index (χ0n) is 11.9. The maximum absolute atomic E-state index is 12.0. The lowest BCUT2D eigenvalue weighted by Crippen LogP contribution is -2.52. The van der Waals surface area contributed by atoms with E-state index in [2.05, 4.69) is 10.6 Å². The summed E-state index contributed by atoms with van der Waals surface area (Å²) in [5.41, 5.74) is 0.448. The summed E-state index contributed by atoms with van der Waals surface area (Å²) in [5.74, 6) is -0.167. The molecule has 2 atom stereocenters. The van der Waals surface area contributed by atoms with Gasteiger partial charge in [0.1, 0.15) is 0 Å². The molecule has 0 bridgehead atoms. The molecule has 2 N–H and O–H groups in total. The fourth-order valence-corrected chi connectivity index (χ4v) is 2.51. The fraction of sp³-hybridized carbons (Fsp3) is 0.500. The molecule has 1 amide bonds. The highest BCUT2D eigenvalue weighted by Gasteiger charge is 2.23. The highest BCUT2D eigenvalue weighted by Crippen LogP contribution is 2.18. The van der Waals surface area contributed by atoms with Crippen LogP contribution in [-0.4, -0.2) is 29.5 Å². The van der Waals surface area contributed by atoms with Crippen molar-refractivity contribution < 1.29 is 9.72 Å². The van der Waals surface area contributed by atoms with Gasteiger partial charge in [-0.25, -0.2) is 0 Å². The van der Waals surface area contributed by atoms with Gasteiger partial charge < -0.3 is 10.6 Å². The number of nitro groups is 1. The van der Waals surface area contributed by atoms with E-state index in [1.165, 1.54) is 6.07 Å². The zero-order valence-corrected chi connectivity index (χ0v) is 12.7. The zero-order chi connectivity index (χ0) is 14.5. The number of piperidine rings is 1.